The van der Waals surface area contributed by atoms with E-state index in [1.165, 1.54) is 12.8 Å². The largest absolute Gasteiger partial charge is 0.385 e. The summed E-state index contributed by atoms with van der Waals surface area (Å²) in [5.41, 5.74) is 0.486. The molecule has 1 aliphatic carbocycles. The van der Waals surface area contributed by atoms with Crippen LogP contribution in [0.25, 0.3) is 0 Å². The lowest BCUT2D eigenvalue weighted by Crippen LogP contribution is -2.16. The van der Waals surface area contributed by atoms with Crippen LogP contribution >= 0.6 is 11.6 Å². The summed E-state index contributed by atoms with van der Waals surface area (Å²) in [5, 5.41) is 0. The molecule has 66 valence electrons. The van der Waals surface area contributed by atoms with Gasteiger partial charge in [-0.1, -0.05) is 6.92 Å². The van der Waals surface area contributed by atoms with Crippen molar-refractivity contribution >= 4 is 11.6 Å². The van der Waals surface area contributed by atoms with Crippen LogP contribution in [0, 0.1) is 11.3 Å². The zero-order valence-electron chi connectivity index (χ0n) is 7.40. The van der Waals surface area contributed by atoms with E-state index in [2.05, 4.69) is 6.92 Å². The second-order valence-corrected chi connectivity index (χ2v) is 3.95. The van der Waals surface area contributed by atoms with Crippen LogP contribution in [-0.4, -0.2) is 19.6 Å². The molecule has 11 heavy (non-hydrogen) atoms. The van der Waals surface area contributed by atoms with Gasteiger partial charge >= 0.3 is 0 Å². The van der Waals surface area contributed by atoms with E-state index in [0.717, 1.165) is 24.8 Å². The molecule has 1 aliphatic rings. The van der Waals surface area contributed by atoms with Gasteiger partial charge in [0.05, 0.1) is 0 Å². The maximum Gasteiger partial charge on any atom is 0.0465 e. The van der Waals surface area contributed by atoms with Crippen molar-refractivity contribution in [2.24, 2.45) is 11.3 Å². The monoisotopic (exact) mass is 176 g/mol. The highest BCUT2D eigenvalue weighted by Gasteiger charge is 2.45. The Morgan fingerprint density at radius 1 is 1.55 bits per heavy atom. The van der Waals surface area contributed by atoms with Crippen LogP contribution in [-0.2, 0) is 4.74 Å². The SMILES string of the molecule is COCCC(C)C1(CCl)CC1. The summed E-state index contributed by atoms with van der Waals surface area (Å²) in [6, 6.07) is 0. The van der Waals surface area contributed by atoms with E-state index >= 15 is 0 Å². The predicted octanol–water partition coefficient (Wildman–Crippen LogP) is 2.68. The van der Waals surface area contributed by atoms with Crippen LogP contribution in [0.4, 0.5) is 0 Å². The van der Waals surface area contributed by atoms with Gasteiger partial charge in [0.2, 0.25) is 0 Å². The van der Waals surface area contributed by atoms with Gasteiger partial charge in [-0.3, -0.25) is 0 Å². The minimum Gasteiger partial charge on any atom is -0.385 e. The molecule has 0 radical (unpaired) electrons. The van der Waals surface area contributed by atoms with Crippen LogP contribution in [0.2, 0.25) is 0 Å². The molecule has 0 aromatic heterocycles. The molecule has 0 aromatic carbocycles. The summed E-state index contributed by atoms with van der Waals surface area (Å²) in [5.74, 6) is 1.57. The molecule has 0 spiro atoms. The van der Waals surface area contributed by atoms with E-state index in [1.807, 2.05) is 0 Å². The van der Waals surface area contributed by atoms with Gasteiger partial charge in [-0.2, -0.15) is 0 Å². The Hall–Kier alpha value is 0.250. The van der Waals surface area contributed by atoms with Crippen molar-refractivity contribution in [3.05, 3.63) is 0 Å². The molecular weight excluding hydrogens is 160 g/mol. The highest BCUT2D eigenvalue weighted by atomic mass is 35.5. The summed E-state index contributed by atoms with van der Waals surface area (Å²) in [6.45, 7) is 3.16. The predicted molar refractivity (Wildman–Crippen MR) is 48.0 cm³/mol. The summed E-state index contributed by atoms with van der Waals surface area (Å²) in [6.07, 6.45) is 3.80. The molecule has 1 saturated carbocycles. The minimum absolute atomic E-state index is 0.486. The average Bonchev–Trinajstić information content (AvgIpc) is 2.80. The second-order valence-electron chi connectivity index (χ2n) is 3.68. The highest BCUT2D eigenvalue weighted by Crippen LogP contribution is 2.53. The number of alkyl halides is 1. The maximum absolute atomic E-state index is 5.89. The van der Waals surface area contributed by atoms with Gasteiger partial charge in [0, 0.05) is 19.6 Å². The number of hydrogen-bond acceptors (Lipinski definition) is 1. The van der Waals surface area contributed by atoms with E-state index in [-0.39, 0.29) is 0 Å². The summed E-state index contributed by atoms with van der Waals surface area (Å²) in [4.78, 5) is 0. The van der Waals surface area contributed by atoms with Crippen molar-refractivity contribution in [1.29, 1.82) is 0 Å². The van der Waals surface area contributed by atoms with Crippen LogP contribution in [0.15, 0.2) is 0 Å². The fourth-order valence-electron chi connectivity index (χ4n) is 1.52. The standard InChI is InChI=1S/C9H17ClO/c1-8(3-6-11-2)9(7-10)4-5-9/h8H,3-7H2,1-2H3. The molecule has 1 atom stereocenters. The molecule has 0 aromatic rings. The fraction of sp³-hybridized carbons (Fsp3) is 1.00. The fourth-order valence-corrected chi connectivity index (χ4v) is 2.05. The first kappa shape index (κ1) is 9.34. The van der Waals surface area contributed by atoms with Gasteiger partial charge in [-0.15, -0.1) is 11.6 Å². The smallest absolute Gasteiger partial charge is 0.0465 e. The molecule has 0 heterocycles. The Kier molecular flexibility index (Phi) is 3.20. The molecule has 0 bridgehead atoms. The molecule has 1 rings (SSSR count). The maximum atomic E-state index is 5.89. The third-order valence-corrected chi connectivity index (χ3v) is 3.49. The zero-order chi connectivity index (χ0) is 8.32. The average molecular weight is 177 g/mol. The number of rotatable bonds is 5. The van der Waals surface area contributed by atoms with Gasteiger partial charge in [0.1, 0.15) is 0 Å². The van der Waals surface area contributed by atoms with Gasteiger partial charge in [0.15, 0.2) is 0 Å². The van der Waals surface area contributed by atoms with Crippen LogP contribution in [0.3, 0.4) is 0 Å². The lowest BCUT2D eigenvalue weighted by molar-refractivity contribution is 0.164. The van der Waals surface area contributed by atoms with Crippen molar-refractivity contribution in [3.8, 4) is 0 Å². The topological polar surface area (TPSA) is 9.23 Å². The lowest BCUT2D eigenvalue weighted by Gasteiger charge is -2.19. The Bertz CT molecular complexity index is 121. The van der Waals surface area contributed by atoms with Crippen molar-refractivity contribution in [3.63, 3.8) is 0 Å². The Morgan fingerprint density at radius 3 is 2.55 bits per heavy atom. The molecule has 0 aliphatic heterocycles. The molecule has 1 nitrogen and oxygen atoms in total. The zero-order valence-corrected chi connectivity index (χ0v) is 8.16. The quantitative estimate of drug-likeness (QED) is 0.586. The molecule has 0 saturated heterocycles. The van der Waals surface area contributed by atoms with E-state index in [0.29, 0.717) is 5.41 Å². The number of ether oxygens (including phenoxy) is 1. The van der Waals surface area contributed by atoms with Gasteiger partial charge in [-0.05, 0) is 30.6 Å². The minimum atomic E-state index is 0.486. The summed E-state index contributed by atoms with van der Waals surface area (Å²) < 4.78 is 5.04. The molecule has 2 heteroatoms. The molecular formula is C9H17ClO. The Balaban J connectivity index is 2.23. The first-order valence-corrected chi connectivity index (χ1v) is 4.83. The molecule has 1 unspecified atom stereocenters. The van der Waals surface area contributed by atoms with Crippen LogP contribution in [0.5, 0.6) is 0 Å². The number of halogens is 1. The first-order valence-electron chi connectivity index (χ1n) is 4.30. The van der Waals surface area contributed by atoms with Crippen molar-refractivity contribution in [1.82, 2.24) is 0 Å². The van der Waals surface area contributed by atoms with E-state index in [4.69, 9.17) is 16.3 Å². The van der Waals surface area contributed by atoms with Crippen LogP contribution in [0.1, 0.15) is 26.2 Å². The highest BCUT2D eigenvalue weighted by molar-refractivity contribution is 6.18. The van der Waals surface area contributed by atoms with Crippen molar-refractivity contribution in [2.45, 2.75) is 26.2 Å². The lowest BCUT2D eigenvalue weighted by atomic mass is 9.90. The third-order valence-electron chi connectivity index (χ3n) is 2.96. The van der Waals surface area contributed by atoms with Crippen molar-refractivity contribution < 1.29 is 4.74 Å². The number of methoxy groups -OCH3 is 1. The molecule has 1 fully saturated rings. The van der Waals surface area contributed by atoms with E-state index in [9.17, 15) is 0 Å². The first-order chi connectivity index (χ1) is 5.25. The Morgan fingerprint density at radius 2 is 2.18 bits per heavy atom. The van der Waals surface area contributed by atoms with E-state index < -0.39 is 0 Å². The number of hydrogen-bond donors (Lipinski definition) is 0. The van der Waals surface area contributed by atoms with Gasteiger partial charge < -0.3 is 4.74 Å². The second kappa shape index (κ2) is 3.77. The normalized spacial score (nSPS) is 23.2. The third kappa shape index (κ3) is 2.09. The van der Waals surface area contributed by atoms with Gasteiger partial charge in [0.25, 0.3) is 0 Å². The van der Waals surface area contributed by atoms with Crippen molar-refractivity contribution in [2.75, 3.05) is 19.6 Å². The molecule has 0 amide bonds. The van der Waals surface area contributed by atoms with Crippen LogP contribution < -0.4 is 0 Å². The molecule has 0 N–H and O–H groups in total. The Labute approximate surface area is 74.1 Å². The van der Waals surface area contributed by atoms with Gasteiger partial charge in [-0.25, -0.2) is 0 Å². The van der Waals surface area contributed by atoms with E-state index in [1.54, 1.807) is 7.11 Å². The summed E-state index contributed by atoms with van der Waals surface area (Å²) in [7, 11) is 1.76. The summed E-state index contributed by atoms with van der Waals surface area (Å²) >= 11 is 5.89.